The molecular formula is C46H76O4. The van der Waals surface area contributed by atoms with Gasteiger partial charge in [-0.1, -0.05) is 170 Å². The van der Waals surface area contributed by atoms with Crippen LogP contribution in [-0.2, 0) is 14.3 Å². The van der Waals surface area contributed by atoms with E-state index < -0.39 is 5.97 Å². The van der Waals surface area contributed by atoms with Gasteiger partial charge in [-0.3, -0.25) is 9.59 Å². The second-order valence-corrected chi connectivity index (χ2v) is 13.4. The molecule has 0 heterocycles. The topological polar surface area (TPSA) is 63.6 Å². The molecule has 1 atom stereocenters. The average molecular weight is 693 g/mol. The van der Waals surface area contributed by atoms with E-state index in [1.807, 2.05) is 0 Å². The van der Waals surface area contributed by atoms with Crippen molar-refractivity contribution >= 4 is 11.9 Å². The Balaban J connectivity index is 3.96. The molecule has 0 aromatic heterocycles. The average Bonchev–Trinajstić information content (AvgIpc) is 3.10. The van der Waals surface area contributed by atoms with Crippen molar-refractivity contribution in [2.75, 3.05) is 0 Å². The number of hydrogen-bond acceptors (Lipinski definition) is 3. The van der Waals surface area contributed by atoms with E-state index in [-0.39, 0.29) is 18.5 Å². The van der Waals surface area contributed by atoms with Gasteiger partial charge in [-0.2, -0.15) is 0 Å². The first-order chi connectivity index (χ1) is 24.6. The second kappa shape index (κ2) is 40.5. The van der Waals surface area contributed by atoms with Crippen LogP contribution in [0.1, 0.15) is 187 Å². The summed E-state index contributed by atoms with van der Waals surface area (Å²) in [7, 11) is 0. The van der Waals surface area contributed by atoms with Crippen LogP contribution in [0.3, 0.4) is 0 Å². The molecule has 0 saturated carbocycles. The third-order valence-electron chi connectivity index (χ3n) is 8.60. The van der Waals surface area contributed by atoms with Gasteiger partial charge in [-0.15, -0.1) is 0 Å². The quantitative estimate of drug-likeness (QED) is 0.0403. The summed E-state index contributed by atoms with van der Waals surface area (Å²) >= 11 is 0. The van der Waals surface area contributed by atoms with Crippen molar-refractivity contribution in [3.05, 3.63) is 85.1 Å². The Morgan fingerprint density at radius 3 is 1.32 bits per heavy atom. The van der Waals surface area contributed by atoms with Gasteiger partial charge in [-0.05, 0) is 89.5 Å². The Bertz CT molecular complexity index is 965. The summed E-state index contributed by atoms with van der Waals surface area (Å²) in [5.41, 5.74) is 0. The van der Waals surface area contributed by atoms with Crippen molar-refractivity contribution in [1.82, 2.24) is 0 Å². The Labute approximate surface area is 309 Å². The van der Waals surface area contributed by atoms with E-state index in [1.165, 1.54) is 57.8 Å². The number of ether oxygens (including phenoxy) is 1. The van der Waals surface area contributed by atoms with Crippen LogP contribution in [0.4, 0.5) is 0 Å². The zero-order valence-electron chi connectivity index (χ0n) is 32.4. The van der Waals surface area contributed by atoms with E-state index >= 15 is 0 Å². The summed E-state index contributed by atoms with van der Waals surface area (Å²) in [5, 5.41) is 8.78. The molecule has 0 aliphatic carbocycles. The number of rotatable bonds is 36. The number of carbonyl (C=O) groups is 2. The minimum Gasteiger partial charge on any atom is -0.481 e. The highest BCUT2D eigenvalue weighted by Crippen LogP contribution is 2.16. The molecule has 50 heavy (non-hydrogen) atoms. The van der Waals surface area contributed by atoms with E-state index in [2.05, 4.69) is 98.9 Å². The molecule has 4 heteroatoms. The van der Waals surface area contributed by atoms with Gasteiger partial charge in [0.1, 0.15) is 6.10 Å². The maximum Gasteiger partial charge on any atom is 0.306 e. The second-order valence-electron chi connectivity index (χ2n) is 13.4. The molecule has 0 radical (unpaired) electrons. The predicted octanol–water partition coefficient (Wildman–Crippen LogP) is 14.4. The highest BCUT2D eigenvalue weighted by atomic mass is 16.5. The maximum atomic E-state index is 12.6. The van der Waals surface area contributed by atoms with E-state index in [4.69, 9.17) is 9.84 Å². The summed E-state index contributed by atoms with van der Waals surface area (Å²) in [6, 6.07) is 0. The molecule has 0 aliphatic rings. The lowest BCUT2D eigenvalue weighted by molar-refractivity contribution is -0.147. The lowest BCUT2D eigenvalue weighted by atomic mass is 10.0. The summed E-state index contributed by atoms with van der Waals surface area (Å²) in [6.07, 6.45) is 59.2. The SMILES string of the molecule is CC/C=C\C/C=C\C/C=C\C/C=C\CCCCCCCCCCCCC(=O)OC(/C=C\C/C=C\C/C=C\CC)CCCCCCCCC(=O)O. The van der Waals surface area contributed by atoms with Crippen molar-refractivity contribution in [2.45, 2.75) is 193 Å². The summed E-state index contributed by atoms with van der Waals surface area (Å²) in [6.45, 7) is 4.31. The van der Waals surface area contributed by atoms with Crippen LogP contribution in [-0.4, -0.2) is 23.1 Å². The van der Waals surface area contributed by atoms with Gasteiger partial charge in [0, 0.05) is 12.8 Å². The van der Waals surface area contributed by atoms with Crippen LogP contribution in [0.25, 0.3) is 0 Å². The third-order valence-corrected chi connectivity index (χ3v) is 8.60. The minimum absolute atomic E-state index is 0.0705. The third kappa shape index (κ3) is 39.6. The van der Waals surface area contributed by atoms with Crippen LogP contribution in [0.15, 0.2) is 85.1 Å². The van der Waals surface area contributed by atoms with Gasteiger partial charge in [0.15, 0.2) is 0 Å². The number of aliphatic carboxylic acids is 1. The number of esters is 1. The van der Waals surface area contributed by atoms with Crippen molar-refractivity contribution < 1.29 is 19.4 Å². The van der Waals surface area contributed by atoms with Crippen molar-refractivity contribution in [1.29, 1.82) is 0 Å². The van der Waals surface area contributed by atoms with Gasteiger partial charge < -0.3 is 9.84 Å². The van der Waals surface area contributed by atoms with Crippen molar-refractivity contribution in [3.63, 3.8) is 0 Å². The fraction of sp³-hybridized carbons (Fsp3) is 0.652. The van der Waals surface area contributed by atoms with E-state index in [0.717, 1.165) is 103 Å². The largest absolute Gasteiger partial charge is 0.481 e. The molecule has 1 unspecified atom stereocenters. The fourth-order valence-electron chi connectivity index (χ4n) is 5.64. The number of carboxylic acid groups (broad SMARTS) is 1. The zero-order valence-corrected chi connectivity index (χ0v) is 32.4. The number of carbonyl (C=O) groups excluding carboxylic acids is 1. The van der Waals surface area contributed by atoms with E-state index in [9.17, 15) is 9.59 Å². The fourth-order valence-corrected chi connectivity index (χ4v) is 5.64. The molecule has 0 aromatic carbocycles. The van der Waals surface area contributed by atoms with Crippen molar-refractivity contribution in [3.8, 4) is 0 Å². The molecule has 4 nitrogen and oxygen atoms in total. The zero-order chi connectivity index (χ0) is 36.4. The molecular weight excluding hydrogens is 617 g/mol. The molecule has 1 N–H and O–H groups in total. The highest BCUT2D eigenvalue weighted by molar-refractivity contribution is 5.69. The summed E-state index contributed by atoms with van der Waals surface area (Å²) in [5.74, 6) is -0.779. The Hall–Kier alpha value is -2.88. The maximum absolute atomic E-state index is 12.6. The lowest BCUT2D eigenvalue weighted by Gasteiger charge is -2.14. The molecule has 0 fully saturated rings. The van der Waals surface area contributed by atoms with Gasteiger partial charge in [0.25, 0.3) is 0 Å². The van der Waals surface area contributed by atoms with Gasteiger partial charge in [-0.25, -0.2) is 0 Å². The standard InChI is InChI=1S/C46H76O4/c1-3-5-7-9-11-13-14-15-16-17-18-19-20-21-22-23-24-25-26-27-29-35-39-43-46(49)50-44(40-36-32-28-12-10-8-6-4-2)41-37-33-30-31-34-38-42-45(47)48/h5-8,11-13,15-16,18-19,28,36,40,44H,3-4,9-10,14,17,20-27,29-35,37-39,41-43H2,1-2H3,(H,47,48)/b7-5-,8-6-,13-11-,16-15-,19-18-,28-12-,40-36-. The minimum atomic E-state index is -0.709. The summed E-state index contributed by atoms with van der Waals surface area (Å²) in [4.78, 5) is 23.3. The van der Waals surface area contributed by atoms with Crippen LogP contribution >= 0.6 is 0 Å². The molecule has 0 spiro atoms. The van der Waals surface area contributed by atoms with E-state index in [0.29, 0.717) is 6.42 Å². The van der Waals surface area contributed by atoms with Gasteiger partial charge in [0.2, 0.25) is 0 Å². The number of allylic oxidation sites excluding steroid dienone is 13. The van der Waals surface area contributed by atoms with Crippen LogP contribution < -0.4 is 0 Å². The summed E-state index contributed by atoms with van der Waals surface area (Å²) < 4.78 is 5.89. The molecule has 0 bridgehead atoms. The predicted molar refractivity (Wildman–Crippen MR) is 218 cm³/mol. The lowest BCUT2D eigenvalue weighted by Crippen LogP contribution is -2.16. The molecule has 0 rings (SSSR count). The van der Waals surface area contributed by atoms with Gasteiger partial charge >= 0.3 is 11.9 Å². The molecule has 284 valence electrons. The van der Waals surface area contributed by atoms with Crippen LogP contribution in [0, 0.1) is 0 Å². The normalized spacial score (nSPS) is 13.2. The first-order valence-corrected chi connectivity index (χ1v) is 20.6. The Kier molecular flexibility index (Phi) is 38.2. The Morgan fingerprint density at radius 2 is 0.840 bits per heavy atom. The first kappa shape index (κ1) is 47.1. The monoisotopic (exact) mass is 693 g/mol. The molecule has 0 aromatic rings. The van der Waals surface area contributed by atoms with Crippen LogP contribution in [0.2, 0.25) is 0 Å². The van der Waals surface area contributed by atoms with Crippen molar-refractivity contribution in [2.24, 2.45) is 0 Å². The number of hydrogen-bond donors (Lipinski definition) is 1. The highest BCUT2D eigenvalue weighted by Gasteiger charge is 2.11. The first-order valence-electron chi connectivity index (χ1n) is 20.6. The Morgan fingerprint density at radius 1 is 0.460 bits per heavy atom. The smallest absolute Gasteiger partial charge is 0.306 e. The number of unbranched alkanes of at least 4 members (excludes halogenated alkanes) is 15. The van der Waals surface area contributed by atoms with Gasteiger partial charge in [0.05, 0.1) is 0 Å². The van der Waals surface area contributed by atoms with E-state index in [1.54, 1.807) is 0 Å². The molecule has 0 aliphatic heterocycles. The van der Waals surface area contributed by atoms with Crippen LogP contribution in [0.5, 0.6) is 0 Å². The molecule has 0 amide bonds. The molecule has 0 saturated heterocycles. The number of carboxylic acids is 1.